The van der Waals surface area contributed by atoms with Gasteiger partial charge in [-0.25, -0.2) is 16.8 Å². The summed E-state index contributed by atoms with van der Waals surface area (Å²) in [5.41, 5.74) is 1.77. The van der Waals surface area contributed by atoms with Crippen LogP contribution in [0.3, 0.4) is 0 Å². The third-order valence-corrected chi connectivity index (χ3v) is 11.5. The molecule has 0 amide bonds. The molecule has 12 nitrogen and oxygen atoms in total. The summed E-state index contributed by atoms with van der Waals surface area (Å²) >= 11 is 23.6. The fourth-order valence-corrected chi connectivity index (χ4v) is 8.10. The second kappa shape index (κ2) is 19.5. The monoisotopic (exact) mass is 902 g/mol. The Labute approximate surface area is 356 Å². The molecule has 0 atom stereocenters. The number of nitrogens with one attached hydrogen (secondary N) is 2. The molecule has 0 fully saturated rings. The Bertz CT molecular complexity index is 2700. The van der Waals surface area contributed by atoms with Crippen LogP contribution in [-0.2, 0) is 20.0 Å². The van der Waals surface area contributed by atoms with Crippen molar-refractivity contribution in [1.82, 2.24) is 9.97 Å². The number of hydrogen-bond acceptors (Lipinski definition) is 10. The number of benzene rings is 4. The number of sulfonamides is 2. The van der Waals surface area contributed by atoms with Gasteiger partial charge in [0.15, 0.2) is 11.6 Å². The minimum absolute atomic E-state index is 0. The Kier molecular flexibility index (Phi) is 15.3. The number of Topliss-reactive ketones (excluding diaryl/α,β-unsaturated/α-hetero) is 2. The van der Waals surface area contributed by atoms with E-state index in [2.05, 4.69) is 19.4 Å². The number of nitrogens with zero attached hydrogens (tertiary/aromatic N) is 2. The minimum Gasteiger partial charge on any atom is -0.455 e. The molecule has 2 N–H and O–H groups in total. The molecule has 6 rings (SSSR count). The molecule has 2 aromatic heterocycles. The van der Waals surface area contributed by atoms with Crippen LogP contribution in [0.4, 0.5) is 11.4 Å². The maximum Gasteiger partial charge on any atom is 0.263 e. The molecular formula is C40H34Cl4N4O8S2. The van der Waals surface area contributed by atoms with Gasteiger partial charge in [0.05, 0.1) is 43.5 Å². The number of anilines is 2. The van der Waals surface area contributed by atoms with Gasteiger partial charge in [-0.15, -0.1) is 0 Å². The zero-order valence-corrected chi connectivity index (χ0v) is 34.6. The number of halogens is 4. The SMILES string of the molecule is C.CC(=O)c1cc(NS(=O)(=O)c2ccc(C)cc2)ccc1Oc1cncc(Cl)c1.CC(=O)c1cc(NS(=O)(=O)c2ccc(Cl)cc2Cl)ccc1Oc1cncc(Cl)c1. The molecule has 58 heavy (non-hydrogen) atoms. The summed E-state index contributed by atoms with van der Waals surface area (Å²) in [5.74, 6) is 0.607. The van der Waals surface area contributed by atoms with Gasteiger partial charge in [-0.3, -0.25) is 29.0 Å². The van der Waals surface area contributed by atoms with E-state index in [-0.39, 0.29) is 67.8 Å². The third-order valence-electron chi connectivity index (χ3n) is 7.55. The maximum atomic E-state index is 12.7. The quantitative estimate of drug-likeness (QED) is 0.113. The van der Waals surface area contributed by atoms with Gasteiger partial charge in [-0.2, -0.15) is 0 Å². The molecule has 0 radical (unpaired) electrons. The molecule has 0 aliphatic carbocycles. The van der Waals surface area contributed by atoms with Crippen LogP contribution in [-0.4, -0.2) is 38.4 Å². The number of carbonyl (C=O) groups is 2. The van der Waals surface area contributed by atoms with E-state index in [1.165, 1.54) is 111 Å². The van der Waals surface area contributed by atoms with Crippen molar-refractivity contribution in [3.8, 4) is 23.0 Å². The molecule has 0 saturated carbocycles. The Hall–Kier alpha value is -5.22. The molecule has 0 saturated heterocycles. The standard InChI is InChI=1S/C20H17ClN2O4S.C19H13Cl3N2O4S.CH4/c1-13-3-6-18(7-4-13)28(25,26)23-16-5-8-20(19(10-16)14(2)24)27-17-9-15(21)11-22-12-17;1-11(25)16-8-14(3-4-18(16)28-15-6-13(21)9-23-10-15)24-29(26,27)19-5-2-12(20)7-17(19)22;/h3-12,23H,1-2H3;2-10,24H,1H3;1H4. The summed E-state index contributed by atoms with van der Waals surface area (Å²) < 4.78 is 66.7. The van der Waals surface area contributed by atoms with E-state index in [0.717, 1.165) is 5.56 Å². The van der Waals surface area contributed by atoms with E-state index in [9.17, 15) is 26.4 Å². The second-order valence-electron chi connectivity index (χ2n) is 12.0. The first kappa shape index (κ1) is 45.5. The Morgan fingerprint density at radius 1 is 0.569 bits per heavy atom. The molecule has 0 aliphatic heterocycles. The predicted molar refractivity (Wildman–Crippen MR) is 228 cm³/mol. The summed E-state index contributed by atoms with van der Waals surface area (Å²) in [6.07, 6.45) is 5.81. The highest BCUT2D eigenvalue weighted by molar-refractivity contribution is 7.93. The summed E-state index contributed by atoms with van der Waals surface area (Å²) in [4.78, 5) is 32.0. The van der Waals surface area contributed by atoms with Crippen LogP contribution in [0.5, 0.6) is 23.0 Å². The van der Waals surface area contributed by atoms with Crippen molar-refractivity contribution in [1.29, 1.82) is 0 Å². The van der Waals surface area contributed by atoms with Crippen molar-refractivity contribution >= 4 is 89.4 Å². The molecule has 0 bridgehead atoms. The van der Waals surface area contributed by atoms with Gasteiger partial charge >= 0.3 is 0 Å². The van der Waals surface area contributed by atoms with Gasteiger partial charge in [-0.05, 0) is 87.5 Å². The second-order valence-corrected chi connectivity index (χ2v) is 17.1. The zero-order chi connectivity index (χ0) is 41.5. The lowest BCUT2D eigenvalue weighted by Gasteiger charge is -2.13. The van der Waals surface area contributed by atoms with E-state index < -0.39 is 20.0 Å². The van der Waals surface area contributed by atoms with Crippen LogP contribution in [0.15, 0.2) is 126 Å². The first-order valence-corrected chi connectivity index (χ1v) is 20.8. The molecule has 0 unspecified atom stereocenters. The first-order chi connectivity index (χ1) is 26.9. The van der Waals surface area contributed by atoms with Crippen molar-refractivity contribution in [3.05, 3.63) is 153 Å². The van der Waals surface area contributed by atoms with Crippen molar-refractivity contribution in [2.45, 2.75) is 38.0 Å². The number of pyridine rings is 2. The number of carbonyl (C=O) groups excluding carboxylic acids is 2. The summed E-state index contributed by atoms with van der Waals surface area (Å²) in [6.45, 7) is 4.58. The van der Waals surface area contributed by atoms with Crippen LogP contribution in [0.25, 0.3) is 0 Å². The first-order valence-electron chi connectivity index (χ1n) is 16.3. The molecule has 18 heteroatoms. The van der Waals surface area contributed by atoms with Gasteiger partial charge in [0.1, 0.15) is 27.9 Å². The van der Waals surface area contributed by atoms with Crippen molar-refractivity contribution in [2.24, 2.45) is 0 Å². The number of ether oxygens (including phenoxy) is 2. The van der Waals surface area contributed by atoms with E-state index in [1.54, 1.807) is 18.2 Å². The number of hydrogen-bond donors (Lipinski definition) is 2. The third kappa shape index (κ3) is 12.1. The largest absolute Gasteiger partial charge is 0.455 e. The highest BCUT2D eigenvalue weighted by Gasteiger charge is 2.21. The van der Waals surface area contributed by atoms with Gasteiger partial charge in [-0.1, -0.05) is 71.5 Å². The van der Waals surface area contributed by atoms with E-state index in [0.29, 0.717) is 26.6 Å². The number of aromatic nitrogens is 2. The van der Waals surface area contributed by atoms with E-state index >= 15 is 0 Å². The highest BCUT2D eigenvalue weighted by atomic mass is 35.5. The number of rotatable bonds is 12. The Morgan fingerprint density at radius 2 is 1.03 bits per heavy atom. The van der Waals surface area contributed by atoms with Gasteiger partial charge in [0.2, 0.25) is 0 Å². The summed E-state index contributed by atoms with van der Waals surface area (Å²) in [7, 11) is -7.78. The fourth-order valence-electron chi connectivity index (χ4n) is 4.90. The maximum absolute atomic E-state index is 12.7. The minimum atomic E-state index is -4.00. The van der Waals surface area contributed by atoms with Gasteiger partial charge in [0.25, 0.3) is 20.0 Å². The average molecular weight is 905 g/mol. The van der Waals surface area contributed by atoms with Crippen LogP contribution in [0.2, 0.25) is 20.1 Å². The average Bonchev–Trinajstić information content (AvgIpc) is 3.13. The van der Waals surface area contributed by atoms with Gasteiger partial charge < -0.3 is 9.47 Å². The molecule has 2 heterocycles. The lowest BCUT2D eigenvalue weighted by molar-refractivity contribution is 0.100. The lowest BCUT2D eigenvalue weighted by Crippen LogP contribution is -2.14. The molecule has 302 valence electrons. The summed E-state index contributed by atoms with van der Waals surface area (Å²) in [5, 5.41) is 1.05. The topological polar surface area (TPSA) is 171 Å². The lowest BCUT2D eigenvalue weighted by atomic mass is 10.1. The van der Waals surface area contributed by atoms with Crippen LogP contribution in [0, 0.1) is 6.92 Å². The van der Waals surface area contributed by atoms with Crippen LogP contribution < -0.4 is 18.9 Å². The number of ketones is 2. The van der Waals surface area contributed by atoms with E-state index in [4.69, 9.17) is 55.9 Å². The highest BCUT2D eigenvalue weighted by Crippen LogP contribution is 2.33. The predicted octanol–water partition coefficient (Wildman–Crippen LogP) is 11.3. The number of aryl methyl sites for hydroxylation is 1. The molecule has 4 aromatic carbocycles. The normalized spacial score (nSPS) is 10.9. The van der Waals surface area contributed by atoms with E-state index in [1.807, 2.05) is 6.92 Å². The van der Waals surface area contributed by atoms with Gasteiger partial charge in [0, 0.05) is 40.9 Å². The van der Waals surface area contributed by atoms with Crippen molar-refractivity contribution in [3.63, 3.8) is 0 Å². The van der Waals surface area contributed by atoms with Crippen LogP contribution >= 0.6 is 46.4 Å². The smallest absolute Gasteiger partial charge is 0.263 e. The molecular weight excluding hydrogens is 870 g/mol. The van der Waals surface area contributed by atoms with Crippen molar-refractivity contribution in [2.75, 3.05) is 9.44 Å². The molecule has 6 aromatic rings. The van der Waals surface area contributed by atoms with Crippen LogP contribution in [0.1, 0.15) is 47.6 Å². The fraction of sp³-hybridized carbons (Fsp3) is 0.100. The zero-order valence-electron chi connectivity index (χ0n) is 30.0. The molecule has 0 aliphatic rings. The Balaban J connectivity index is 0.000000252. The Morgan fingerprint density at radius 3 is 1.47 bits per heavy atom. The molecule has 0 spiro atoms. The van der Waals surface area contributed by atoms with Crippen molar-refractivity contribution < 1.29 is 35.9 Å². The summed E-state index contributed by atoms with van der Waals surface area (Å²) in [6, 6.07) is 22.4.